The van der Waals surface area contributed by atoms with Gasteiger partial charge in [0.1, 0.15) is 18.3 Å². The van der Waals surface area contributed by atoms with Crippen molar-refractivity contribution in [2.24, 2.45) is 11.8 Å². The SMILES string of the molecule is Cc1cc2c(c(/C=C/C[C@@H]3OC(C)(C)O[C@@H]3C(/C=C\[C@@H](C)[C@H](C)O[Si](c3ccccc3)(c3ccccc3)C(C)(C)C)O[Si](C)(C)C(C)(C)C)c1C(=O)OCC[Si](C)(C)C)OCO2.Cc1cc2c(c(/C=C/C[C@@H]3OC(C)(C)O[C@@H]3C(O)/C=C\[C@@H](C)[C@H](C)O)c1C(=O)O)OCO2. The molecule has 0 bridgehead atoms. The molecule has 4 heterocycles. The number of aromatic carboxylic acids is 1. The van der Waals surface area contributed by atoms with Gasteiger partial charge < -0.3 is 66.8 Å². The number of aliphatic hydroxyl groups excluding tert-OH is 2. The number of fused-ring (bicyclic) bond motifs is 2. The van der Waals surface area contributed by atoms with Gasteiger partial charge in [-0.3, -0.25) is 0 Å². The molecule has 0 aliphatic carbocycles. The van der Waals surface area contributed by atoms with Crippen LogP contribution in [0, 0.1) is 25.7 Å². The van der Waals surface area contributed by atoms with Crippen LogP contribution in [-0.2, 0) is 32.5 Å². The van der Waals surface area contributed by atoms with Crippen LogP contribution < -0.4 is 29.3 Å². The number of benzene rings is 4. The van der Waals surface area contributed by atoms with E-state index in [9.17, 15) is 24.9 Å². The third-order valence-corrected chi connectivity index (χ3v) is 29.7. The van der Waals surface area contributed by atoms with Gasteiger partial charge in [-0.1, -0.05) is 184 Å². The molecule has 4 aliphatic heterocycles. The van der Waals surface area contributed by atoms with Crippen molar-refractivity contribution < 1.29 is 76.4 Å². The fourth-order valence-electron chi connectivity index (χ4n) is 11.9. The average molecular weight is 1350 g/mol. The lowest BCUT2D eigenvalue weighted by molar-refractivity contribution is -0.152. The molecule has 0 spiro atoms. The first-order valence-corrected chi connectivity index (χ1v) is 41.8. The maximum atomic E-state index is 13.7. The predicted octanol–water partition coefficient (Wildman–Crippen LogP) is 15.0. The monoisotopic (exact) mass is 1350 g/mol. The first kappa shape index (κ1) is 75.7. The lowest BCUT2D eigenvalue weighted by Gasteiger charge is -2.45. The summed E-state index contributed by atoms with van der Waals surface area (Å²) < 4.78 is 68.7. The first-order chi connectivity index (χ1) is 43.8. The lowest BCUT2D eigenvalue weighted by Crippen LogP contribution is -2.67. The molecule has 4 aromatic carbocycles. The quantitative estimate of drug-likeness (QED) is 0.0322. The molecule has 2 saturated heterocycles. The Morgan fingerprint density at radius 3 is 1.55 bits per heavy atom. The van der Waals surface area contributed by atoms with E-state index < -0.39 is 78.9 Å². The van der Waals surface area contributed by atoms with Gasteiger partial charge in [0, 0.05) is 25.3 Å². The van der Waals surface area contributed by atoms with E-state index in [4.69, 9.17) is 51.5 Å². The number of rotatable bonds is 25. The van der Waals surface area contributed by atoms with Gasteiger partial charge in [-0.2, -0.15) is 0 Å². The minimum Gasteiger partial charge on any atom is -0.478 e. The molecule has 0 amide bonds. The molecular formula is C75H108O16Si3. The second-order valence-electron chi connectivity index (χ2n) is 30.3. The summed E-state index contributed by atoms with van der Waals surface area (Å²) in [7, 11) is -6.50. The van der Waals surface area contributed by atoms with Crippen LogP contribution >= 0.6 is 0 Å². The Kier molecular flexibility index (Phi) is 24.8. The molecule has 8 rings (SSSR count). The van der Waals surface area contributed by atoms with Crippen LogP contribution in [0.25, 0.3) is 12.2 Å². The maximum absolute atomic E-state index is 13.7. The molecule has 4 aliphatic rings. The number of hydrogen-bond acceptors (Lipinski definition) is 15. The van der Waals surface area contributed by atoms with Crippen LogP contribution in [0.5, 0.6) is 23.0 Å². The van der Waals surface area contributed by atoms with Crippen LogP contribution in [0.1, 0.15) is 153 Å². The number of carbonyl (C=O) groups excluding carboxylic acids is 1. The number of aliphatic hydroxyl groups is 2. The summed E-state index contributed by atoms with van der Waals surface area (Å²) in [6.45, 7) is 44.8. The van der Waals surface area contributed by atoms with Gasteiger partial charge in [0.25, 0.3) is 8.32 Å². The molecule has 16 nitrogen and oxygen atoms in total. The Morgan fingerprint density at radius 2 is 1.09 bits per heavy atom. The van der Waals surface area contributed by atoms with Crippen molar-refractivity contribution in [2.45, 2.75) is 233 Å². The van der Waals surface area contributed by atoms with E-state index >= 15 is 0 Å². The number of carboxylic acid groups (broad SMARTS) is 1. The number of hydrogen-bond donors (Lipinski definition) is 3. The molecule has 0 saturated carbocycles. The van der Waals surface area contributed by atoms with Gasteiger partial charge in [-0.05, 0) is 143 Å². The van der Waals surface area contributed by atoms with E-state index in [-0.39, 0.29) is 59.2 Å². The van der Waals surface area contributed by atoms with Crippen molar-refractivity contribution in [1.82, 2.24) is 0 Å². The fraction of sp³-hybridized carbons (Fsp3) is 0.547. The van der Waals surface area contributed by atoms with Crippen LogP contribution in [0.2, 0.25) is 48.9 Å². The largest absolute Gasteiger partial charge is 0.478 e. The van der Waals surface area contributed by atoms with Gasteiger partial charge in [0.15, 0.2) is 42.9 Å². The van der Waals surface area contributed by atoms with Crippen molar-refractivity contribution in [3.63, 3.8) is 0 Å². The standard InChI is InChI=1S/C51H76O8Si3.C24H32O8/c1-36(38(3)58-62(50(7,8)9,39-24-19-17-20-25-39)40-26-21-18-22-27-40)30-31-43(59-61(15,16)49(4,5)6)47-42(56-51(10,11)57-47)29-23-28-41-45(48(52)53-32-33-60(12,13)14)37(2)34-44-46(41)55-35-54-44;1-13(15(3)25)9-10-17(26)22-18(31-24(4,5)32-22)8-6-7-16-20(23(27)28)14(2)11-19-21(16)30-12-29-19/h17-28,30-31,34,36,38,42-43,47H,29,32-33,35H2,1-16H3;6-7,9-11,13,15,17-18,22,25-26H,8,12H2,1-5H3,(H,27,28)/b28-23+,31-30-;7-6+,10-9-/t36-,38+,42+,43?,47+;13-,15+,17?,18+,22-/m11/s1. The average Bonchev–Trinajstić information content (AvgIpc) is 1.09. The van der Waals surface area contributed by atoms with Crippen molar-refractivity contribution in [1.29, 1.82) is 0 Å². The van der Waals surface area contributed by atoms with Gasteiger partial charge in [0.2, 0.25) is 13.6 Å². The van der Waals surface area contributed by atoms with Gasteiger partial charge in [-0.15, -0.1) is 0 Å². The number of carbonyl (C=O) groups is 2. The Balaban J connectivity index is 0.000000326. The predicted molar refractivity (Wildman–Crippen MR) is 379 cm³/mol. The van der Waals surface area contributed by atoms with Gasteiger partial charge in [-0.25, -0.2) is 9.59 Å². The zero-order chi connectivity index (χ0) is 69.5. The second-order valence-corrected chi connectivity index (χ2v) is 44.9. The molecule has 0 radical (unpaired) electrons. The van der Waals surface area contributed by atoms with E-state index in [1.54, 1.807) is 58.1 Å². The molecule has 2 unspecified atom stereocenters. The summed E-state index contributed by atoms with van der Waals surface area (Å²) in [4.78, 5) is 25.5. The zero-order valence-electron chi connectivity index (χ0n) is 59.7. The first-order valence-electron chi connectivity index (χ1n) is 33.3. The van der Waals surface area contributed by atoms with Crippen LogP contribution in [0.4, 0.5) is 0 Å². The summed E-state index contributed by atoms with van der Waals surface area (Å²) in [5.41, 5.74) is 3.09. The van der Waals surface area contributed by atoms with Crippen molar-refractivity contribution in [3.05, 3.63) is 143 Å². The highest BCUT2D eigenvalue weighted by atomic mass is 28.4. The summed E-state index contributed by atoms with van der Waals surface area (Å²) in [5, 5.41) is 32.3. The molecule has 19 heteroatoms. The molecule has 94 heavy (non-hydrogen) atoms. The number of esters is 1. The van der Waals surface area contributed by atoms with Crippen molar-refractivity contribution >= 4 is 59.2 Å². The fourth-order valence-corrected chi connectivity index (χ4v) is 18.7. The normalized spacial score (nSPS) is 21.6. The molecular weight excluding hydrogens is 1240 g/mol. The van der Waals surface area contributed by atoms with Crippen LogP contribution in [0.15, 0.2) is 109 Å². The second kappa shape index (κ2) is 30.8. The third-order valence-electron chi connectivity index (χ3n) is 18.4. The van der Waals surface area contributed by atoms with E-state index in [1.807, 2.05) is 45.9 Å². The van der Waals surface area contributed by atoms with Crippen molar-refractivity contribution in [3.8, 4) is 23.0 Å². The molecule has 516 valence electrons. The third kappa shape index (κ3) is 18.7. The van der Waals surface area contributed by atoms with E-state index in [1.165, 1.54) is 10.4 Å². The Hall–Kier alpha value is -5.69. The molecule has 3 N–H and O–H groups in total. The number of ether oxygens (including phenoxy) is 9. The summed E-state index contributed by atoms with van der Waals surface area (Å²) in [6, 6.07) is 26.0. The zero-order valence-corrected chi connectivity index (χ0v) is 62.7. The van der Waals surface area contributed by atoms with E-state index in [2.05, 4.69) is 161 Å². The lowest BCUT2D eigenvalue weighted by atomic mass is 9.98. The minimum atomic E-state index is -2.78. The van der Waals surface area contributed by atoms with Gasteiger partial charge in [0.05, 0.1) is 42.1 Å². The van der Waals surface area contributed by atoms with E-state index in [0.717, 1.165) is 11.6 Å². The molecule has 0 aromatic heterocycles. The smallest absolute Gasteiger partial charge is 0.339 e. The maximum Gasteiger partial charge on any atom is 0.339 e. The Morgan fingerprint density at radius 1 is 0.617 bits per heavy atom. The highest BCUT2D eigenvalue weighted by Crippen LogP contribution is 2.45. The van der Waals surface area contributed by atoms with E-state index in [0.29, 0.717) is 64.7 Å². The van der Waals surface area contributed by atoms with Crippen molar-refractivity contribution in [2.75, 3.05) is 20.2 Å². The summed E-state index contributed by atoms with van der Waals surface area (Å²) in [5.74, 6) is -1.10. The number of aryl methyl sites for hydroxylation is 2. The minimum absolute atomic E-state index is 0.0392. The topological polar surface area (TPSA) is 196 Å². The number of carboxylic acids is 1. The summed E-state index contributed by atoms with van der Waals surface area (Å²) >= 11 is 0. The Labute approximate surface area is 563 Å². The van der Waals surface area contributed by atoms with Gasteiger partial charge >= 0.3 is 11.9 Å². The molecule has 2 fully saturated rings. The molecule has 10 atom stereocenters. The highest BCUT2D eigenvalue weighted by Gasteiger charge is 2.52. The van der Waals surface area contributed by atoms with Crippen LogP contribution in [-0.4, -0.2) is 133 Å². The highest BCUT2D eigenvalue weighted by molar-refractivity contribution is 6.99. The Bertz CT molecular complexity index is 3300. The summed E-state index contributed by atoms with van der Waals surface area (Å²) in [6.07, 6.45) is 12.4. The van der Waals surface area contributed by atoms with Crippen LogP contribution in [0.3, 0.4) is 0 Å². The molecule has 4 aromatic rings.